The zero-order chi connectivity index (χ0) is 14.2. The van der Waals surface area contributed by atoms with Gasteiger partial charge in [-0.05, 0) is 37.1 Å². The van der Waals surface area contributed by atoms with E-state index in [0.717, 1.165) is 12.8 Å². The van der Waals surface area contributed by atoms with E-state index in [1.54, 1.807) is 30.5 Å². The Kier molecular flexibility index (Phi) is 3.67. The summed E-state index contributed by atoms with van der Waals surface area (Å²) in [6, 6.07) is 6.51. The van der Waals surface area contributed by atoms with Crippen LogP contribution in [0.3, 0.4) is 0 Å². The average molecular weight is 312 g/mol. The summed E-state index contributed by atoms with van der Waals surface area (Å²) < 4.78 is 30.2. The highest BCUT2D eigenvalue weighted by Gasteiger charge is 2.25. The average Bonchev–Trinajstić information content (AvgIpc) is 2.91. The number of benzene rings is 1. The highest BCUT2D eigenvalue weighted by Crippen LogP contribution is 2.26. The minimum Gasteiger partial charge on any atom is -0.377 e. The van der Waals surface area contributed by atoms with Crippen molar-refractivity contribution < 1.29 is 13.2 Å². The molecular formula is C14H14ClNO3S. The Morgan fingerprint density at radius 2 is 2.20 bits per heavy atom. The van der Waals surface area contributed by atoms with Crippen molar-refractivity contribution in [1.82, 2.24) is 4.98 Å². The van der Waals surface area contributed by atoms with E-state index in [-0.39, 0.29) is 16.8 Å². The standard InChI is InChI=1S/C14H14ClNO3S/c15-13-5-6-16-14-4-3-11(8-12(13)14)20(17,18)9-10-2-1-7-19-10/h3-6,8,10H,1-2,7,9H2. The van der Waals surface area contributed by atoms with Crippen LogP contribution in [0.2, 0.25) is 5.02 Å². The van der Waals surface area contributed by atoms with Gasteiger partial charge >= 0.3 is 0 Å². The number of aromatic nitrogens is 1. The molecule has 0 amide bonds. The number of rotatable bonds is 3. The molecule has 0 radical (unpaired) electrons. The Bertz CT molecular complexity index is 739. The van der Waals surface area contributed by atoms with Crippen molar-refractivity contribution in [3.63, 3.8) is 0 Å². The predicted octanol–water partition coefficient (Wildman–Crippen LogP) is 2.84. The summed E-state index contributed by atoms with van der Waals surface area (Å²) in [6.07, 6.45) is 3.13. The summed E-state index contributed by atoms with van der Waals surface area (Å²) in [5, 5.41) is 1.16. The molecule has 20 heavy (non-hydrogen) atoms. The summed E-state index contributed by atoms with van der Waals surface area (Å²) in [7, 11) is -3.36. The summed E-state index contributed by atoms with van der Waals surface area (Å²) in [5.41, 5.74) is 0.688. The Hall–Kier alpha value is -1.17. The molecule has 1 aliphatic heterocycles. The van der Waals surface area contributed by atoms with Gasteiger partial charge in [-0.15, -0.1) is 0 Å². The van der Waals surface area contributed by atoms with Crippen LogP contribution in [-0.2, 0) is 14.6 Å². The third kappa shape index (κ3) is 2.66. The summed E-state index contributed by atoms with van der Waals surface area (Å²) >= 11 is 6.09. The zero-order valence-corrected chi connectivity index (χ0v) is 12.3. The van der Waals surface area contributed by atoms with Crippen molar-refractivity contribution in [2.24, 2.45) is 0 Å². The van der Waals surface area contributed by atoms with Crippen LogP contribution in [0.4, 0.5) is 0 Å². The molecule has 2 heterocycles. The molecule has 0 saturated carbocycles. The lowest BCUT2D eigenvalue weighted by Gasteiger charge is -2.11. The number of nitrogens with zero attached hydrogens (tertiary/aromatic N) is 1. The number of ether oxygens (including phenoxy) is 1. The van der Waals surface area contributed by atoms with Crippen LogP contribution in [0, 0.1) is 0 Å². The fourth-order valence-corrected chi connectivity index (χ4v) is 4.13. The van der Waals surface area contributed by atoms with Crippen LogP contribution >= 0.6 is 11.6 Å². The Balaban J connectivity index is 1.98. The molecule has 3 rings (SSSR count). The zero-order valence-electron chi connectivity index (χ0n) is 10.8. The third-order valence-electron chi connectivity index (χ3n) is 3.45. The van der Waals surface area contributed by atoms with Crippen molar-refractivity contribution in [2.45, 2.75) is 23.8 Å². The van der Waals surface area contributed by atoms with E-state index in [1.165, 1.54) is 0 Å². The molecule has 1 saturated heterocycles. The normalized spacial score (nSPS) is 19.6. The van der Waals surface area contributed by atoms with Crippen LogP contribution in [-0.4, -0.2) is 31.9 Å². The Morgan fingerprint density at radius 3 is 2.95 bits per heavy atom. The van der Waals surface area contributed by atoms with Gasteiger partial charge in [-0.1, -0.05) is 11.6 Å². The fraction of sp³-hybridized carbons (Fsp3) is 0.357. The van der Waals surface area contributed by atoms with Gasteiger partial charge in [0.2, 0.25) is 0 Å². The van der Waals surface area contributed by atoms with E-state index in [2.05, 4.69) is 4.98 Å². The topological polar surface area (TPSA) is 56.3 Å². The monoisotopic (exact) mass is 311 g/mol. The molecular weight excluding hydrogens is 298 g/mol. The largest absolute Gasteiger partial charge is 0.377 e. The second kappa shape index (κ2) is 5.31. The van der Waals surface area contributed by atoms with Crippen LogP contribution in [0.1, 0.15) is 12.8 Å². The smallest absolute Gasteiger partial charge is 0.180 e. The second-order valence-corrected chi connectivity index (χ2v) is 7.33. The molecule has 0 N–H and O–H groups in total. The molecule has 1 atom stereocenters. The highest BCUT2D eigenvalue weighted by molar-refractivity contribution is 7.91. The lowest BCUT2D eigenvalue weighted by Crippen LogP contribution is -2.20. The molecule has 2 aromatic rings. The minimum atomic E-state index is -3.36. The maximum atomic E-state index is 12.4. The molecule has 0 aliphatic carbocycles. The van der Waals surface area contributed by atoms with Gasteiger partial charge in [0.05, 0.1) is 27.3 Å². The third-order valence-corrected chi connectivity index (χ3v) is 5.56. The van der Waals surface area contributed by atoms with E-state index < -0.39 is 9.84 Å². The number of fused-ring (bicyclic) bond motifs is 1. The number of pyridine rings is 1. The molecule has 1 fully saturated rings. The van der Waals surface area contributed by atoms with Crippen molar-refractivity contribution >= 4 is 32.3 Å². The lowest BCUT2D eigenvalue weighted by atomic mass is 10.2. The van der Waals surface area contributed by atoms with Crippen molar-refractivity contribution in [1.29, 1.82) is 0 Å². The number of hydrogen-bond acceptors (Lipinski definition) is 4. The molecule has 0 spiro atoms. The first-order valence-corrected chi connectivity index (χ1v) is 8.48. The summed E-state index contributed by atoms with van der Waals surface area (Å²) in [4.78, 5) is 4.44. The lowest BCUT2D eigenvalue weighted by molar-refractivity contribution is 0.127. The van der Waals surface area contributed by atoms with Crippen LogP contribution in [0.15, 0.2) is 35.4 Å². The van der Waals surface area contributed by atoms with E-state index in [1.807, 2.05) is 0 Å². The first-order chi connectivity index (χ1) is 9.56. The van der Waals surface area contributed by atoms with Gasteiger partial charge in [-0.2, -0.15) is 0 Å². The molecule has 1 aromatic heterocycles. The quantitative estimate of drug-likeness (QED) is 0.874. The summed E-state index contributed by atoms with van der Waals surface area (Å²) in [6.45, 7) is 0.646. The number of halogens is 1. The van der Waals surface area contributed by atoms with Crippen LogP contribution < -0.4 is 0 Å². The van der Waals surface area contributed by atoms with Gasteiger partial charge < -0.3 is 4.74 Å². The van der Waals surface area contributed by atoms with Gasteiger partial charge in [-0.25, -0.2) is 8.42 Å². The molecule has 106 valence electrons. The maximum absolute atomic E-state index is 12.4. The molecule has 0 bridgehead atoms. The first-order valence-electron chi connectivity index (χ1n) is 6.45. The highest BCUT2D eigenvalue weighted by atomic mass is 35.5. The van der Waals surface area contributed by atoms with Gasteiger partial charge in [0.15, 0.2) is 9.84 Å². The van der Waals surface area contributed by atoms with Crippen LogP contribution in [0.25, 0.3) is 10.9 Å². The maximum Gasteiger partial charge on any atom is 0.180 e. The Morgan fingerprint density at radius 1 is 1.35 bits per heavy atom. The van der Waals surface area contributed by atoms with Gasteiger partial charge in [0.25, 0.3) is 0 Å². The second-order valence-electron chi connectivity index (χ2n) is 4.89. The molecule has 1 unspecified atom stereocenters. The van der Waals surface area contributed by atoms with E-state index in [0.29, 0.717) is 22.5 Å². The number of hydrogen-bond donors (Lipinski definition) is 0. The first kappa shape index (κ1) is 13.8. The Labute approximate surface area is 122 Å². The molecule has 6 heteroatoms. The molecule has 4 nitrogen and oxygen atoms in total. The van der Waals surface area contributed by atoms with Gasteiger partial charge in [0.1, 0.15) is 0 Å². The predicted molar refractivity (Wildman–Crippen MR) is 77.8 cm³/mol. The van der Waals surface area contributed by atoms with Crippen molar-refractivity contribution in [3.8, 4) is 0 Å². The van der Waals surface area contributed by atoms with Gasteiger partial charge in [0, 0.05) is 18.2 Å². The van der Waals surface area contributed by atoms with Crippen molar-refractivity contribution in [2.75, 3.05) is 12.4 Å². The fourth-order valence-electron chi connectivity index (χ4n) is 2.40. The minimum absolute atomic E-state index is 0.0242. The van der Waals surface area contributed by atoms with E-state index in [9.17, 15) is 8.42 Å². The number of sulfone groups is 1. The molecule has 1 aromatic carbocycles. The van der Waals surface area contributed by atoms with Gasteiger partial charge in [-0.3, -0.25) is 4.98 Å². The summed E-state index contributed by atoms with van der Waals surface area (Å²) in [5.74, 6) is 0.0242. The van der Waals surface area contributed by atoms with Crippen LogP contribution in [0.5, 0.6) is 0 Å². The van der Waals surface area contributed by atoms with Crippen molar-refractivity contribution in [3.05, 3.63) is 35.5 Å². The van der Waals surface area contributed by atoms with E-state index in [4.69, 9.17) is 16.3 Å². The SMILES string of the molecule is O=S(=O)(CC1CCCO1)c1ccc2nccc(Cl)c2c1. The molecule has 1 aliphatic rings. The van der Waals surface area contributed by atoms with E-state index >= 15 is 0 Å².